The van der Waals surface area contributed by atoms with Gasteiger partial charge in [-0.15, -0.1) is 0 Å². The highest BCUT2D eigenvalue weighted by Crippen LogP contribution is 2.34. The molecule has 0 saturated carbocycles. The van der Waals surface area contributed by atoms with Gasteiger partial charge in [-0.05, 0) is 6.92 Å². The summed E-state index contributed by atoms with van der Waals surface area (Å²) in [5.74, 6) is 1.48. The average Bonchev–Trinajstić information content (AvgIpc) is 3.06. The van der Waals surface area contributed by atoms with E-state index in [2.05, 4.69) is 15.0 Å². The lowest BCUT2D eigenvalue weighted by molar-refractivity contribution is 0.510. The maximum atomic E-state index is 8.84. The second-order valence-corrected chi connectivity index (χ2v) is 6.06. The SMILES string of the molecule is C[C@@H](Sc1ncc(C#N)c(N)n1)c1ncc(-c2ccccc2)o1. The monoisotopic (exact) mass is 323 g/mol. The van der Waals surface area contributed by atoms with Crippen LogP contribution in [0.25, 0.3) is 11.3 Å². The summed E-state index contributed by atoms with van der Waals surface area (Å²) in [5, 5.41) is 9.23. The minimum Gasteiger partial charge on any atom is -0.440 e. The largest absolute Gasteiger partial charge is 0.440 e. The van der Waals surface area contributed by atoms with Crippen molar-refractivity contribution in [2.24, 2.45) is 0 Å². The van der Waals surface area contributed by atoms with E-state index in [1.165, 1.54) is 18.0 Å². The highest BCUT2D eigenvalue weighted by atomic mass is 32.2. The number of hydrogen-bond donors (Lipinski definition) is 1. The number of oxazole rings is 1. The van der Waals surface area contributed by atoms with Crippen LogP contribution in [0.2, 0.25) is 0 Å². The first-order chi connectivity index (χ1) is 11.2. The molecule has 1 aromatic carbocycles. The zero-order valence-electron chi connectivity index (χ0n) is 12.3. The fraction of sp³-hybridized carbons (Fsp3) is 0.125. The summed E-state index contributed by atoms with van der Waals surface area (Å²) in [6.45, 7) is 1.95. The number of thioether (sulfide) groups is 1. The number of nitrogens with two attached hydrogens (primary N) is 1. The predicted molar refractivity (Wildman–Crippen MR) is 87.4 cm³/mol. The summed E-state index contributed by atoms with van der Waals surface area (Å²) in [7, 11) is 0. The van der Waals surface area contributed by atoms with Gasteiger partial charge in [-0.2, -0.15) is 5.26 Å². The number of aromatic nitrogens is 3. The molecule has 23 heavy (non-hydrogen) atoms. The fourth-order valence-electron chi connectivity index (χ4n) is 1.94. The molecule has 6 nitrogen and oxygen atoms in total. The van der Waals surface area contributed by atoms with Gasteiger partial charge < -0.3 is 10.2 Å². The quantitative estimate of drug-likeness (QED) is 0.579. The molecule has 0 spiro atoms. The summed E-state index contributed by atoms with van der Waals surface area (Å²) >= 11 is 1.37. The third-order valence-electron chi connectivity index (χ3n) is 3.13. The summed E-state index contributed by atoms with van der Waals surface area (Å²) in [4.78, 5) is 12.6. The van der Waals surface area contributed by atoms with Crippen molar-refractivity contribution in [3.8, 4) is 17.4 Å². The lowest BCUT2D eigenvalue weighted by atomic mass is 10.2. The van der Waals surface area contributed by atoms with Crippen molar-refractivity contribution in [1.82, 2.24) is 15.0 Å². The Hall–Kier alpha value is -2.85. The minimum atomic E-state index is -0.0835. The third kappa shape index (κ3) is 3.33. The van der Waals surface area contributed by atoms with E-state index in [9.17, 15) is 0 Å². The van der Waals surface area contributed by atoms with Crippen LogP contribution in [0.15, 0.2) is 52.3 Å². The molecular formula is C16H13N5OS. The van der Waals surface area contributed by atoms with Gasteiger partial charge in [-0.3, -0.25) is 0 Å². The summed E-state index contributed by atoms with van der Waals surface area (Å²) in [5.41, 5.74) is 6.94. The van der Waals surface area contributed by atoms with E-state index in [1.807, 2.05) is 43.3 Å². The molecule has 7 heteroatoms. The van der Waals surface area contributed by atoms with Crippen molar-refractivity contribution < 1.29 is 4.42 Å². The van der Waals surface area contributed by atoms with Crippen LogP contribution in [0.4, 0.5) is 5.82 Å². The Morgan fingerprint density at radius 3 is 2.70 bits per heavy atom. The Bertz CT molecular complexity index is 856. The molecule has 0 aliphatic carbocycles. The number of hydrogen-bond acceptors (Lipinski definition) is 7. The zero-order valence-corrected chi connectivity index (χ0v) is 13.1. The molecule has 0 unspecified atom stereocenters. The van der Waals surface area contributed by atoms with Crippen LogP contribution in [-0.4, -0.2) is 15.0 Å². The lowest BCUT2D eigenvalue weighted by Gasteiger charge is -2.06. The molecule has 0 bridgehead atoms. The highest BCUT2D eigenvalue weighted by Gasteiger charge is 2.17. The molecule has 2 heterocycles. The van der Waals surface area contributed by atoms with Crippen molar-refractivity contribution >= 4 is 17.6 Å². The smallest absolute Gasteiger partial charge is 0.208 e. The number of nitrogen functional groups attached to an aromatic ring is 1. The second-order valence-electron chi connectivity index (χ2n) is 4.75. The summed E-state index contributed by atoms with van der Waals surface area (Å²) in [6, 6.07) is 11.7. The molecule has 114 valence electrons. The first-order valence-electron chi connectivity index (χ1n) is 6.88. The Balaban J connectivity index is 1.77. The van der Waals surface area contributed by atoms with Crippen LogP contribution < -0.4 is 5.73 Å². The van der Waals surface area contributed by atoms with Crippen molar-refractivity contribution in [3.63, 3.8) is 0 Å². The number of nitrogens with zero attached hydrogens (tertiary/aromatic N) is 4. The van der Waals surface area contributed by atoms with Crippen LogP contribution in [0, 0.1) is 11.3 Å². The van der Waals surface area contributed by atoms with E-state index in [0.29, 0.717) is 16.8 Å². The lowest BCUT2D eigenvalue weighted by Crippen LogP contribution is -1.99. The fourth-order valence-corrected chi connectivity index (χ4v) is 2.73. The van der Waals surface area contributed by atoms with Gasteiger partial charge in [0.05, 0.1) is 17.6 Å². The maximum absolute atomic E-state index is 8.84. The zero-order chi connectivity index (χ0) is 16.2. The molecular weight excluding hydrogens is 310 g/mol. The molecule has 1 atom stereocenters. The Labute approximate surface area is 137 Å². The molecule has 0 radical (unpaired) electrons. The van der Waals surface area contributed by atoms with Gasteiger partial charge >= 0.3 is 0 Å². The van der Waals surface area contributed by atoms with Gasteiger partial charge in [-0.1, -0.05) is 42.1 Å². The topological polar surface area (TPSA) is 102 Å². The Morgan fingerprint density at radius 2 is 2.00 bits per heavy atom. The van der Waals surface area contributed by atoms with E-state index in [-0.39, 0.29) is 16.6 Å². The molecule has 3 rings (SSSR count). The highest BCUT2D eigenvalue weighted by molar-refractivity contribution is 7.99. The normalized spacial score (nSPS) is 11.8. The summed E-state index contributed by atoms with van der Waals surface area (Å²) < 4.78 is 5.81. The Kier molecular flexibility index (Phi) is 4.26. The van der Waals surface area contributed by atoms with Crippen molar-refractivity contribution in [2.75, 3.05) is 5.73 Å². The molecule has 0 aliphatic rings. The second kappa shape index (κ2) is 6.50. The number of anilines is 1. The molecule has 0 aliphatic heterocycles. The van der Waals surface area contributed by atoms with Gasteiger partial charge in [0.1, 0.15) is 17.5 Å². The molecule has 2 N–H and O–H groups in total. The number of nitriles is 1. The Morgan fingerprint density at radius 1 is 1.22 bits per heavy atom. The molecule has 0 amide bonds. The van der Waals surface area contributed by atoms with Gasteiger partial charge in [0.25, 0.3) is 0 Å². The standard InChI is InChI=1S/C16H13N5OS/c1-10(23-16-20-8-12(7-17)14(18)21-16)15-19-9-13(22-15)11-5-3-2-4-6-11/h2-6,8-10H,1H3,(H2,18,20,21)/t10-/m1/s1. The van der Waals surface area contributed by atoms with Crippen molar-refractivity contribution in [2.45, 2.75) is 17.3 Å². The third-order valence-corrected chi connectivity index (χ3v) is 4.09. The van der Waals surface area contributed by atoms with Crippen LogP contribution in [0.3, 0.4) is 0 Å². The molecule has 0 fully saturated rings. The van der Waals surface area contributed by atoms with Gasteiger partial charge in [0.2, 0.25) is 5.89 Å². The van der Waals surface area contributed by atoms with Crippen LogP contribution in [0.1, 0.15) is 23.6 Å². The van der Waals surface area contributed by atoms with E-state index < -0.39 is 0 Å². The van der Waals surface area contributed by atoms with Crippen LogP contribution in [-0.2, 0) is 0 Å². The first kappa shape index (κ1) is 15.1. The van der Waals surface area contributed by atoms with Crippen LogP contribution >= 0.6 is 11.8 Å². The predicted octanol–water partition coefficient (Wildman–Crippen LogP) is 3.44. The maximum Gasteiger partial charge on any atom is 0.208 e. The van der Waals surface area contributed by atoms with E-state index in [1.54, 1.807) is 6.20 Å². The first-order valence-corrected chi connectivity index (χ1v) is 7.75. The van der Waals surface area contributed by atoms with Crippen molar-refractivity contribution in [3.05, 3.63) is 54.2 Å². The molecule has 0 saturated heterocycles. The van der Waals surface area contributed by atoms with Crippen molar-refractivity contribution in [1.29, 1.82) is 5.26 Å². The van der Waals surface area contributed by atoms with E-state index in [0.717, 1.165) is 5.56 Å². The molecule has 2 aromatic heterocycles. The average molecular weight is 323 g/mol. The number of rotatable bonds is 4. The number of benzene rings is 1. The van der Waals surface area contributed by atoms with Gasteiger partial charge in [0.15, 0.2) is 10.9 Å². The van der Waals surface area contributed by atoms with Gasteiger partial charge in [0, 0.05) is 5.56 Å². The summed E-state index contributed by atoms with van der Waals surface area (Å²) in [6.07, 6.45) is 3.12. The molecule has 3 aromatic rings. The van der Waals surface area contributed by atoms with Crippen LogP contribution in [0.5, 0.6) is 0 Å². The van der Waals surface area contributed by atoms with E-state index in [4.69, 9.17) is 15.4 Å². The van der Waals surface area contributed by atoms with Gasteiger partial charge in [-0.25, -0.2) is 15.0 Å². The minimum absolute atomic E-state index is 0.0835. The van der Waals surface area contributed by atoms with E-state index >= 15 is 0 Å².